The van der Waals surface area contributed by atoms with Gasteiger partial charge in [0.1, 0.15) is 17.8 Å². The van der Waals surface area contributed by atoms with E-state index in [4.69, 9.17) is 4.74 Å². The van der Waals surface area contributed by atoms with E-state index in [1.165, 1.54) is 0 Å². The Morgan fingerprint density at radius 3 is 2.67 bits per heavy atom. The summed E-state index contributed by atoms with van der Waals surface area (Å²) in [5, 5.41) is 4.32. The number of amides is 1. The Hall–Kier alpha value is -1.63. The molecule has 0 radical (unpaired) electrons. The van der Waals surface area contributed by atoms with Crippen LogP contribution in [-0.4, -0.2) is 61.9 Å². The van der Waals surface area contributed by atoms with Crippen LogP contribution in [0, 0.1) is 5.92 Å². The molecule has 1 aliphatic heterocycles. The topological polar surface area (TPSA) is 63.5 Å². The summed E-state index contributed by atoms with van der Waals surface area (Å²) >= 11 is 0. The molecule has 2 heterocycles. The van der Waals surface area contributed by atoms with Crippen LogP contribution in [0.25, 0.3) is 0 Å². The first-order chi connectivity index (χ1) is 11.2. The third kappa shape index (κ3) is 5.19. The normalized spacial score (nSPS) is 19.8. The fraction of sp³-hybridized carbons (Fsp3) is 0.824. The first-order valence-corrected chi connectivity index (χ1v) is 8.74. The molecule has 2 rings (SSSR count). The van der Waals surface area contributed by atoms with Crippen LogP contribution in [0.1, 0.15) is 47.4 Å². The van der Waals surface area contributed by atoms with E-state index in [2.05, 4.69) is 35.8 Å². The highest BCUT2D eigenvalue weighted by molar-refractivity contribution is 5.68. The second-order valence-corrected chi connectivity index (χ2v) is 8.01. The molecule has 136 valence electrons. The van der Waals surface area contributed by atoms with Crippen LogP contribution in [0.3, 0.4) is 0 Å². The highest BCUT2D eigenvalue weighted by Crippen LogP contribution is 2.17. The highest BCUT2D eigenvalue weighted by Gasteiger charge is 2.31. The molecular weight excluding hydrogens is 306 g/mol. The third-order valence-electron chi connectivity index (χ3n) is 3.94. The molecule has 1 aromatic rings. The molecule has 0 saturated carbocycles. The van der Waals surface area contributed by atoms with E-state index in [-0.39, 0.29) is 12.1 Å². The summed E-state index contributed by atoms with van der Waals surface area (Å²) in [7, 11) is 0. The van der Waals surface area contributed by atoms with Gasteiger partial charge in [0.05, 0.1) is 6.54 Å². The maximum atomic E-state index is 12.3. The number of hydrogen-bond acceptors (Lipinski definition) is 5. The number of hydrogen-bond donors (Lipinski definition) is 0. The Bertz CT molecular complexity index is 549. The van der Waals surface area contributed by atoms with E-state index >= 15 is 0 Å². The fourth-order valence-electron chi connectivity index (χ4n) is 2.88. The smallest absolute Gasteiger partial charge is 0.410 e. The Morgan fingerprint density at radius 1 is 1.38 bits per heavy atom. The quantitative estimate of drug-likeness (QED) is 0.844. The van der Waals surface area contributed by atoms with Crippen LogP contribution < -0.4 is 0 Å². The number of carbonyl (C=O) groups is 1. The second-order valence-electron chi connectivity index (χ2n) is 8.01. The number of carbonyl (C=O) groups excluding carboxylic acids is 1. The van der Waals surface area contributed by atoms with Gasteiger partial charge in [-0.15, -0.1) is 0 Å². The number of piperazine rings is 1. The molecular formula is C17H31N5O2. The maximum absolute atomic E-state index is 12.3. The van der Waals surface area contributed by atoms with Gasteiger partial charge in [-0.25, -0.2) is 14.5 Å². The third-order valence-corrected chi connectivity index (χ3v) is 3.94. The van der Waals surface area contributed by atoms with Crippen LogP contribution in [0.15, 0.2) is 6.33 Å². The molecule has 1 aromatic heterocycles. The van der Waals surface area contributed by atoms with Crippen molar-refractivity contribution in [3.63, 3.8) is 0 Å². The minimum Gasteiger partial charge on any atom is -0.444 e. The van der Waals surface area contributed by atoms with Crippen molar-refractivity contribution in [2.75, 3.05) is 19.6 Å². The summed E-state index contributed by atoms with van der Waals surface area (Å²) in [6.45, 7) is 16.0. The molecule has 7 heteroatoms. The van der Waals surface area contributed by atoms with E-state index in [0.717, 1.165) is 32.0 Å². The first kappa shape index (κ1) is 18.7. The number of ether oxygens (including phenoxy) is 1. The molecule has 0 bridgehead atoms. The molecule has 0 aromatic carbocycles. The minimum absolute atomic E-state index is 0.120. The van der Waals surface area contributed by atoms with Crippen molar-refractivity contribution in [3.8, 4) is 0 Å². The summed E-state index contributed by atoms with van der Waals surface area (Å²) < 4.78 is 7.48. The van der Waals surface area contributed by atoms with Gasteiger partial charge in [0, 0.05) is 32.2 Å². The molecule has 0 aliphatic carbocycles. The van der Waals surface area contributed by atoms with Crippen LogP contribution in [-0.2, 0) is 17.8 Å². The van der Waals surface area contributed by atoms with E-state index < -0.39 is 5.60 Å². The van der Waals surface area contributed by atoms with Crippen LogP contribution in [0.2, 0.25) is 0 Å². The predicted octanol–water partition coefficient (Wildman–Crippen LogP) is 2.38. The maximum Gasteiger partial charge on any atom is 0.410 e. The predicted molar refractivity (Wildman–Crippen MR) is 92.5 cm³/mol. The summed E-state index contributed by atoms with van der Waals surface area (Å²) in [5.41, 5.74) is -0.457. The van der Waals surface area contributed by atoms with E-state index in [9.17, 15) is 4.79 Å². The Balaban J connectivity index is 1.92. The van der Waals surface area contributed by atoms with Crippen molar-refractivity contribution < 1.29 is 9.53 Å². The Labute approximate surface area is 145 Å². The minimum atomic E-state index is -0.457. The van der Waals surface area contributed by atoms with Crippen molar-refractivity contribution in [2.45, 2.75) is 66.3 Å². The average Bonchev–Trinajstić information content (AvgIpc) is 2.83. The zero-order valence-electron chi connectivity index (χ0n) is 15.8. The summed E-state index contributed by atoms with van der Waals surface area (Å²) in [6.07, 6.45) is 1.40. The van der Waals surface area contributed by atoms with Gasteiger partial charge in [0.15, 0.2) is 0 Å². The number of rotatable bonds is 4. The molecule has 24 heavy (non-hydrogen) atoms. The van der Waals surface area contributed by atoms with Gasteiger partial charge in [-0.2, -0.15) is 5.10 Å². The molecule has 0 N–H and O–H groups in total. The van der Waals surface area contributed by atoms with Gasteiger partial charge in [-0.3, -0.25) is 4.90 Å². The van der Waals surface area contributed by atoms with Crippen LogP contribution >= 0.6 is 0 Å². The SMILES string of the molecule is CC(C)Cn1ncnc1CN1CCN(C(=O)OC(C)(C)C)[C@H](C)C1. The van der Waals surface area contributed by atoms with Gasteiger partial charge in [0.2, 0.25) is 0 Å². The van der Waals surface area contributed by atoms with E-state index in [1.807, 2.05) is 30.4 Å². The van der Waals surface area contributed by atoms with Crippen molar-refractivity contribution in [1.82, 2.24) is 24.6 Å². The molecule has 1 amide bonds. The van der Waals surface area contributed by atoms with Crippen LogP contribution in [0.4, 0.5) is 4.79 Å². The molecule has 0 spiro atoms. The summed E-state index contributed by atoms with van der Waals surface area (Å²) in [5.74, 6) is 1.52. The lowest BCUT2D eigenvalue weighted by Gasteiger charge is -2.40. The average molecular weight is 337 g/mol. The molecule has 1 saturated heterocycles. The van der Waals surface area contributed by atoms with Gasteiger partial charge in [0.25, 0.3) is 0 Å². The molecule has 1 fully saturated rings. The molecule has 1 atom stereocenters. The van der Waals surface area contributed by atoms with Crippen LogP contribution in [0.5, 0.6) is 0 Å². The molecule has 0 unspecified atom stereocenters. The molecule has 7 nitrogen and oxygen atoms in total. The largest absolute Gasteiger partial charge is 0.444 e. The first-order valence-electron chi connectivity index (χ1n) is 8.74. The monoisotopic (exact) mass is 337 g/mol. The lowest BCUT2D eigenvalue weighted by Crippen LogP contribution is -2.54. The second kappa shape index (κ2) is 7.51. The summed E-state index contributed by atoms with van der Waals surface area (Å²) in [4.78, 5) is 20.8. The summed E-state index contributed by atoms with van der Waals surface area (Å²) in [6, 6.07) is 0.120. The van der Waals surface area contributed by atoms with E-state index in [1.54, 1.807) is 6.33 Å². The van der Waals surface area contributed by atoms with Gasteiger partial charge in [-0.1, -0.05) is 13.8 Å². The Morgan fingerprint density at radius 2 is 2.08 bits per heavy atom. The van der Waals surface area contributed by atoms with Crippen molar-refractivity contribution in [2.24, 2.45) is 5.92 Å². The zero-order chi connectivity index (χ0) is 17.9. The van der Waals surface area contributed by atoms with E-state index in [0.29, 0.717) is 12.5 Å². The zero-order valence-corrected chi connectivity index (χ0v) is 15.8. The van der Waals surface area contributed by atoms with Crippen molar-refractivity contribution in [1.29, 1.82) is 0 Å². The lowest BCUT2D eigenvalue weighted by molar-refractivity contribution is 0.000123. The van der Waals surface area contributed by atoms with Crippen molar-refractivity contribution in [3.05, 3.63) is 12.2 Å². The standard InChI is InChI=1S/C17H31N5O2/c1-13(2)9-22-15(18-12-19-22)11-20-7-8-21(14(3)10-20)16(23)24-17(4,5)6/h12-14H,7-11H2,1-6H3/t14-/m1/s1. The molecule has 1 aliphatic rings. The van der Waals surface area contributed by atoms with Gasteiger partial charge in [-0.05, 0) is 33.6 Å². The van der Waals surface area contributed by atoms with Crippen molar-refractivity contribution >= 4 is 6.09 Å². The number of nitrogens with zero attached hydrogens (tertiary/aromatic N) is 5. The lowest BCUT2D eigenvalue weighted by atomic mass is 10.2. The highest BCUT2D eigenvalue weighted by atomic mass is 16.6. The fourth-order valence-corrected chi connectivity index (χ4v) is 2.88. The Kier molecular flexibility index (Phi) is 5.85. The van der Waals surface area contributed by atoms with Gasteiger partial charge >= 0.3 is 6.09 Å². The number of aromatic nitrogens is 3. The van der Waals surface area contributed by atoms with Gasteiger partial charge < -0.3 is 9.64 Å².